The minimum atomic E-state index is 0.0848. The lowest BCUT2D eigenvalue weighted by atomic mass is 9.71. The summed E-state index contributed by atoms with van der Waals surface area (Å²) in [6.45, 7) is 7.96. The van der Waals surface area contributed by atoms with Crippen molar-refractivity contribution >= 4 is 5.91 Å². The minimum absolute atomic E-state index is 0.0848. The Bertz CT molecular complexity index is 275. The number of carbonyl (C=O) groups excluding carboxylic acids is 1. The smallest absolute Gasteiger partial charge is 0.222 e. The summed E-state index contributed by atoms with van der Waals surface area (Å²) in [5.74, 6) is 0.261. The Morgan fingerprint density at radius 2 is 1.78 bits per heavy atom. The molecule has 1 aliphatic carbocycles. The van der Waals surface area contributed by atoms with Crippen molar-refractivity contribution in [1.29, 1.82) is 0 Å². The average molecular weight is 254 g/mol. The summed E-state index contributed by atoms with van der Waals surface area (Å²) in [6.07, 6.45) is 6.64. The highest BCUT2D eigenvalue weighted by Gasteiger charge is 2.34. The van der Waals surface area contributed by atoms with E-state index in [9.17, 15) is 4.79 Å². The van der Waals surface area contributed by atoms with E-state index in [0.29, 0.717) is 13.0 Å². The lowest BCUT2D eigenvalue weighted by molar-refractivity contribution is -0.134. The van der Waals surface area contributed by atoms with E-state index >= 15 is 0 Å². The van der Waals surface area contributed by atoms with E-state index in [1.165, 1.54) is 19.3 Å². The summed E-state index contributed by atoms with van der Waals surface area (Å²) in [5, 5.41) is 0. The number of carbonyl (C=O) groups is 1. The van der Waals surface area contributed by atoms with Gasteiger partial charge in [0, 0.05) is 20.0 Å². The second-order valence-corrected chi connectivity index (χ2v) is 7.25. The van der Waals surface area contributed by atoms with Crippen molar-refractivity contribution in [2.24, 2.45) is 16.6 Å². The van der Waals surface area contributed by atoms with Crippen molar-refractivity contribution in [3.05, 3.63) is 0 Å². The van der Waals surface area contributed by atoms with Gasteiger partial charge in [-0.2, -0.15) is 0 Å². The Kier molecular flexibility index (Phi) is 5.20. The number of nitrogens with two attached hydrogens (primary N) is 1. The highest BCUT2D eigenvalue weighted by Crippen LogP contribution is 2.38. The molecule has 1 fully saturated rings. The van der Waals surface area contributed by atoms with Crippen molar-refractivity contribution in [3.63, 3.8) is 0 Å². The Hall–Kier alpha value is -0.570. The van der Waals surface area contributed by atoms with Gasteiger partial charge in [-0.05, 0) is 30.2 Å². The summed E-state index contributed by atoms with van der Waals surface area (Å²) in [5.41, 5.74) is 6.19. The molecule has 1 saturated carbocycles. The predicted molar refractivity (Wildman–Crippen MR) is 76.3 cm³/mol. The molecule has 1 aliphatic rings. The molecule has 3 heteroatoms. The zero-order valence-corrected chi connectivity index (χ0v) is 12.6. The van der Waals surface area contributed by atoms with Crippen LogP contribution in [0.5, 0.6) is 0 Å². The SMILES string of the molecule is CN(CC(C)(C)C)C(=O)CC1(CN)CCCCC1. The Morgan fingerprint density at radius 3 is 2.22 bits per heavy atom. The maximum Gasteiger partial charge on any atom is 0.222 e. The molecule has 0 spiro atoms. The number of rotatable bonds is 4. The van der Waals surface area contributed by atoms with Crippen LogP contribution in [0.2, 0.25) is 0 Å². The molecular formula is C15H30N2O. The van der Waals surface area contributed by atoms with Crippen LogP contribution in [0, 0.1) is 10.8 Å². The molecule has 0 unspecified atom stereocenters. The summed E-state index contributed by atoms with van der Waals surface area (Å²) in [4.78, 5) is 14.2. The van der Waals surface area contributed by atoms with Crippen LogP contribution in [0.15, 0.2) is 0 Å². The first kappa shape index (κ1) is 15.5. The van der Waals surface area contributed by atoms with Crippen molar-refractivity contribution in [3.8, 4) is 0 Å². The highest BCUT2D eigenvalue weighted by molar-refractivity contribution is 5.76. The fraction of sp³-hybridized carbons (Fsp3) is 0.933. The summed E-state index contributed by atoms with van der Waals surface area (Å²) in [7, 11) is 1.92. The number of hydrogen-bond donors (Lipinski definition) is 1. The second kappa shape index (κ2) is 6.05. The maximum atomic E-state index is 12.3. The van der Waals surface area contributed by atoms with Gasteiger partial charge in [0.1, 0.15) is 0 Å². The Labute approximate surface area is 112 Å². The highest BCUT2D eigenvalue weighted by atomic mass is 16.2. The molecule has 0 heterocycles. The molecule has 18 heavy (non-hydrogen) atoms. The summed E-state index contributed by atoms with van der Waals surface area (Å²) < 4.78 is 0. The number of amides is 1. The van der Waals surface area contributed by atoms with E-state index < -0.39 is 0 Å². The van der Waals surface area contributed by atoms with Crippen LogP contribution >= 0.6 is 0 Å². The van der Waals surface area contributed by atoms with Crippen LogP contribution in [0.25, 0.3) is 0 Å². The van der Waals surface area contributed by atoms with Gasteiger partial charge in [0.25, 0.3) is 0 Å². The summed E-state index contributed by atoms with van der Waals surface area (Å²) >= 11 is 0. The van der Waals surface area contributed by atoms with E-state index in [-0.39, 0.29) is 16.7 Å². The van der Waals surface area contributed by atoms with Crippen LogP contribution in [0.1, 0.15) is 59.3 Å². The van der Waals surface area contributed by atoms with Crippen molar-refractivity contribution in [2.45, 2.75) is 59.3 Å². The molecule has 106 valence electrons. The molecule has 0 bridgehead atoms. The summed E-state index contributed by atoms with van der Waals surface area (Å²) in [6, 6.07) is 0. The third-order valence-corrected chi connectivity index (χ3v) is 4.01. The predicted octanol–water partition coefficient (Wildman–Crippen LogP) is 2.79. The van der Waals surface area contributed by atoms with Gasteiger partial charge >= 0.3 is 0 Å². The first-order valence-corrected chi connectivity index (χ1v) is 7.22. The van der Waals surface area contributed by atoms with Gasteiger partial charge in [-0.3, -0.25) is 4.79 Å². The molecule has 3 nitrogen and oxygen atoms in total. The van der Waals surface area contributed by atoms with Crippen molar-refractivity contribution in [1.82, 2.24) is 4.90 Å². The zero-order valence-electron chi connectivity index (χ0n) is 12.6. The molecule has 2 N–H and O–H groups in total. The van der Waals surface area contributed by atoms with Crippen LogP contribution in [0.4, 0.5) is 0 Å². The van der Waals surface area contributed by atoms with Gasteiger partial charge < -0.3 is 10.6 Å². The minimum Gasteiger partial charge on any atom is -0.345 e. The number of hydrogen-bond acceptors (Lipinski definition) is 2. The third kappa shape index (κ3) is 4.60. The fourth-order valence-electron chi connectivity index (χ4n) is 3.01. The molecule has 0 radical (unpaired) electrons. The third-order valence-electron chi connectivity index (χ3n) is 4.01. The van der Waals surface area contributed by atoms with Crippen LogP contribution in [0.3, 0.4) is 0 Å². The monoisotopic (exact) mass is 254 g/mol. The van der Waals surface area contributed by atoms with Gasteiger partial charge in [0.2, 0.25) is 5.91 Å². The molecule has 0 aliphatic heterocycles. The lowest BCUT2D eigenvalue weighted by Crippen LogP contribution is -2.41. The van der Waals surface area contributed by atoms with E-state index in [1.807, 2.05) is 11.9 Å². The largest absolute Gasteiger partial charge is 0.345 e. The van der Waals surface area contributed by atoms with Crippen molar-refractivity contribution in [2.75, 3.05) is 20.1 Å². The normalized spacial score (nSPS) is 19.6. The van der Waals surface area contributed by atoms with Gasteiger partial charge in [0.15, 0.2) is 0 Å². The second-order valence-electron chi connectivity index (χ2n) is 7.25. The van der Waals surface area contributed by atoms with E-state index in [1.54, 1.807) is 0 Å². The van der Waals surface area contributed by atoms with Crippen LogP contribution < -0.4 is 5.73 Å². The standard InChI is InChI=1S/C15H30N2O/c1-14(2,3)12-17(4)13(18)10-15(11-16)8-6-5-7-9-15/h5-12,16H2,1-4H3. The quantitative estimate of drug-likeness (QED) is 0.838. The molecule has 0 aromatic rings. The van der Waals surface area contributed by atoms with Gasteiger partial charge in [-0.15, -0.1) is 0 Å². The average Bonchev–Trinajstić information content (AvgIpc) is 2.28. The molecule has 0 saturated heterocycles. The number of nitrogens with zero attached hydrogens (tertiary/aromatic N) is 1. The molecule has 0 atom stereocenters. The Morgan fingerprint density at radius 1 is 1.22 bits per heavy atom. The fourth-order valence-corrected chi connectivity index (χ4v) is 3.01. The van der Waals surface area contributed by atoms with E-state index in [0.717, 1.165) is 19.4 Å². The van der Waals surface area contributed by atoms with Gasteiger partial charge in [-0.1, -0.05) is 40.0 Å². The van der Waals surface area contributed by atoms with Crippen molar-refractivity contribution < 1.29 is 4.79 Å². The van der Waals surface area contributed by atoms with Crippen LogP contribution in [-0.2, 0) is 4.79 Å². The molecular weight excluding hydrogens is 224 g/mol. The first-order chi connectivity index (χ1) is 8.28. The zero-order chi connectivity index (χ0) is 13.8. The van der Waals surface area contributed by atoms with E-state index in [2.05, 4.69) is 20.8 Å². The van der Waals surface area contributed by atoms with Gasteiger partial charge in [-0.25, -0.2) is 0 Å². The molecule has 0 aromatic carbocycles. The molecule has 0 aromatic heterocycles. The lowest BCUT2D eigenvalue weighted by Gasteiger charge is -2.37. The maximum absolute atomic E-state index is 12.3. The van der Waals surface area contributed by atoms with Crippen LogP contribution in [-0.4, -0.2) is 30.9 Å². The molecule has 1 rings (SSSR count). The molecule has 1 amide bonds. The first-order valence-electron chi connectivity index (χ1n) is 7.22. The Balaban J connectivity index is 2.56. The topological polar surface area (TPSA) is 46.3 Å². The van der Waals surface area contributed by atoms with E-state index in [4.69, 9.17) is 5.73 Å². The van der Waals surface area contributed by atoms with Gasteiger partial charge in [0.05, 0.1) is 0 Å².